The second kappa shape index (κ2) is 9.79. The van der Waals surface area contributed by atoms with Gasteiger partial charge in [0.15, 0.2) is 0 Å². The molecule has 0 aliphatic carbocycles. The van der Waals surface area contributed by atoms with Crippen LogP contribution in [0.15, 0.2) is 66.7 Å². The van der Waals surface area contributed by atoms with E-state index in [0.717, 1.165) is 17.7 Å². The second-order valence-electron chi connectivity index (χ2n) is 8.01. The third kappa shape index (κ3) is 5.81. The highest BCUT2D eigenvalue weighted by molar-refractivity contribution is 6.30. The molecule has 0 spiro atoms. The van der Waals surface area contributed by atoms with E-state index in [1.807, 2.05) is 12.1 Å². The van der Waals surface area contributed by atoms with Gasteiger partial charge in [0.25, 0.3) is 5.91 Å². The maximum Gasteiger partial charge on any atom is 0.416 e. The Hall–Kier alpha value is -3.85. The summed E-state index contributed by atoms with van der Waals surface area (Å²) in [5, 5.41) is 6.75. The fourth-order valence-electron chi connectivity index (χ4n) is 3.32. The van der Waals surface area contributed by atoms with Gasteiger partial charge in [-0.15, -0.1) is 0 Å². The van der Waals surface area contributed by atoms with Gasteiger partial charge in [-0.05, 0) is 60.2 Å². The van der Waals surface area contributed by atoms with E-state index in [9.17, 15) is 18.0 Å². The highest BCUT2D eigenvalue weighted by Gasteiger charge is 2.31. The first-order valence-corrected chi connectivity index (χ1v) is 10.9. The third-order valence-corrected chi connectivity index (χ3v) is 5.44. The molecule has 180 valence electrons. The zero-order valence-corrected chi connectivity index (χ0v) is 19.6. The van der Waals surface area contributed by atoms with Gasteiger partial charge in [0.1, 0.15) is 5.82 Å². The molecule has 10 heteroatoms. The lowest BCUT2D eigenvalue weighted by Gasteiger charge is -2.16. The van der Waals surface area contributed by atoms with Crippen LogP contribution >= 0.6 is 11.6 Å². The SMILES string of the molecule is CN(C)c1nc(NCc2ccc(NC(=O)c3ccc(Cl)cc3)cc2)c2cc(C(F)(F)F)ccc2n1. The molecule has 0 radical (unpaired) electrons. The van der Waals surface area contributed by atoms with Crippen molar-refractivity contribution >= 4 is 45.9 Å². The lowest BCUT2D eigenvalue weighted by Crippen LogP contribution is -2.15. The van der Waals surface area contributed by atoms with Crippen molar-refractivity contribution in [3.8, 4) is 0 Å². The maximum absolute atomic E-state index is 13.3. The van der Waals surface area contributed by atoms with Crippen LogP contribution in [0.25, 0.3) is 10.9 Å². The number of benzene rings is 3. The highest BCUT2D eigenvalue weighted by atomic mass is 35.5. The van der Waals surface area contributed by atoms with E-state index in [4.69, 9.17) is 11.6 Å². The monoisotopic (exact) mass is 499 g/mol. The number of halogens is 4. The number of hydrogen-bond donors (Lipinski definition) is 2. The van der Waals surface area contributed by atoms with E-state index in [0.29, 0.717) is 40.1 Å². The first-order valence-electron chi connectivity index (χ1n) is 10.6. The van der Waals surface area contributed by atoms with Gasteiger partial charge in [0, 0.05) is 42.3 Å². The molecule has 4 aromatic rings. The molecule has 35 heavy (non-hydrogen) atoms. The van der Waals surface area contributed by atoms with E-state index in [2.05, 4.69) is 20.6 Å². The summed E-state index contributed by atoms with van der Waals surface area (Å²) < 4.78 is 39.8. The molecular formula is C25H21ClF3N5O. The third-order valence-electron chi connectivity index (χ3n) is 5.19. The van der Waals surface area contributed by atoms with Crippen LogP contribution in [-0.4, -0.2) is 30.0 Å². The predicted octanol–water partition coefficient (Wildman–Crippen LogP) is 6.23. The summed E-state index contributed by atoms with van der Waals surface area (Å²) in [5.41, 5.74) is 1.56. The summed E-state index contributed by atoms with van der Waals surface area (Å²) in [7, 11) is 3.51. The number of carbonyl (C=O) groups is 1. The second-order valence-corrected chi connectivity index (χ2v) is 8.44. The van der Waals surface area contributed by atoms with Crippen molar-refractivity contribution in [2.45, 2.75) is 12.7 Å². The van der Waals surface area contributed by atoms with Crippen molar-refractivity contribution in [3.63, 3.8) is 0 Å². The largest absolute Gasteiger partial charge is 0.416 e. The van der Waals surface area contributed by atoms with Crippen molar-refractivity contribution in [1.82, 2.24) is 9.97 Å². The van der Waals surface area contributed by atoms with E-state index < -0.39 is 11.7 Å². The summed E-state index contributed by atoms with van der Waals surface area (Å²) in [6.07, 6.45) is -4.47. The Morgan fingerprint density at radius 2 is 1.66 bits per heavy atom. The molecule has 4 rings (SSSR count). The Labute approximate surface area is 204 Å². The Morgan fingerprint density at radius 1 is 0.971 bits per heavy atom. The number of fused-ring (bicyclic) bond motifs is 1. The van der Waals surface area contributed by atoms with Crippen LogP contribution in [0.4, 0.5) is 30.6 Å². The van der Waals surface area contributed by atoms with E-state index in [1.165, 1.54) is 6.07 Å². The van der Waals surface area contributed by atoms with Gasteiger partial charge >= 0.3 is 6.18 Å². The Bertz CT molecular complexity index is 1360. The minimum Gasteiger partial charge on any atom is -0.365 e. The first kappa shape index (κ1) is 24.3. The molecule has 6 nitrogen and oxygen atoms in total. The van der Waals surface area contributed by atoms with Gasteiger partial charge in [-0.25, -0.2) is 4.98 Å². The molecule has 0 saturated carbocycles. The Balaban J connectivity index is 1.52. The smallest absolute Gasteiger partial charge is 0.365 e. The van der Waals surface area contributed by atoms with Crippen molar-refractivity contribution in [1.29, 1.82) is 0 Å². The average molecular weight is 500 g/mol. The zero-order valence-electron chi connectivity index (χ0n) is 18.8. The lowest BCUT2D eigenvalue weighted by molar-refractivity contribution is -0.137. The first-order chi connectivity index (χ1) is 16.6. The van der Waals surface area contributed by atoms with Crippen LogP contribution in [0.3, 0.4) is 0 Å². The summed E-state index contributed by atoms with van der Waals surface area (Å²) in [5.74, 6) is 0.404. The number of aromatic nitrogens is 2. The Morgan fingerprint density at radius 3 is 2.29 bits per heavy atom. The highest BCUT2D eigenvalue weighted by Crippen LogP contribution is 2.33. The number of alkyl halides is 3. The number of nitrogens with one attached hydrogen (secondary N) is 2. The van der Waals surface area contributed by atoms with Crippen molar-refractivity contribution in [2.24, 2.45) is 0 Å². The van der Waals surface area contributed by atoms with Crippen molar-refractivity contribution in [2.75, 3.05) is 29.6 Å². The molecule has 0 bridgehead atoms. The van der Waals surface area contributed by atoms with E-state index in [-0.39, 0.29) is 11.3 Å². The summed E-state index contributed by atoms with van der Waals surface area (Å²) in [6, 6.07) is 17.1. The summed E-state index contributed by atoms with van der Waals surface area (Å²) >= 11 is 5.85. The Kier molecular flexibility index (Phi) is 6.79. The van der Waals surface area contributed by atoms with Gasteiger partial charge in [0.05, 0.1) is 11.1 Å². The number of hydrogen-bond acceptors (Lipinski definition) is 5. The van der Waals surface area contributed by atoms with Gasteiger partial charge in [-0.2, -0.15) is 18.2 Å². The van der Waals surface area contributed by atoms with Gasteiger partial charge in [-0.3, -0.25) is 4.79 Å². The van der Waals surface area contributed by atoms with Crippen LogP contribution in [0, 0.1) is 0 Å². The van der Waals surface area contributed by atoms with Gasteiger partial charge in [-0.1, -0.05) is 23.7 Å². The van der Waals surface area contributed by atoms with Gasteiger partial charge in [0.2, 0.25) is 5.95 Å². The average Bonchev–Trinajstić information content (AvgIpc) is 2.82. The van der Waals surface area contributed by atoms with Crippen LogP contribution in [-0.2, 0) is 12.7 Å². The topological polar surface area (TPSA) is 70.2 Å². The van der Waals surface area contributed by atoms with E-state index >= 15 is 0 Å². The molecule has 0 aliphatic heterocycles. The number of nitrogens with zero attached hydrogens (tertiary/aromatic N) is 3. The molecular weight excluding hydrogens is 479 g/mol. The molecule has 1 aromatic heterocycles. The van der Waals surface area contributed by atoms with E-state index in [1.54, 1.807) is 55.4 Å². The molecule has 1 amide bonds. The predicted molar refractivity (Wildman–Crippen MR) is 132 cm³/mol. The van der Waals surface area contributed by atoms with Crippen LogP contribution in [0.5, 0.6) is 0 Å². The number of carbonyl (C=O) groups excluding carboxylic acids is 1. The number of anilines is 3. The number of rotatable bonds is 6. The molecule has 0 unspecified atom stereocenters. The zero-order chi connectivity index (χ0) is 25.2. The fraction of sp³-hybridized carbons (Fsp3) is 0.160. The minimum absolute atomic E-state index is 0.267. The van der Waals surface area contributed by atoms with Crippen LogP contribution in [0.2, 0.25) is 5.02 Å². The normalized spacial score (nSPS) is 11.4. The minimum atomic E-state index is -4.47. The van der Waals surface area contributed by atoms with Crippen LogP contribution < -0.4 is 15.5 Å². The molecule has 0 fully saturated rings. The fourth-order valence-corrected chi connectivity index (χ4v) is 3.45. The molecule has 0 atom stereocenters. The molecule has 3 aromatic carbocycles. The molecule has 2 N–H and O–H groups in total. The lowest BCUT2D eigenvalue weighted by atomic mass is 10.1. The maximum atomic E-state index is 13.3. The van der Waals surface area contributed by atoms with Crippen molar-refractivity contribution in [3.05, 3.63) is 88.4 Å². The van der Waals surface area contributed by atoms with Gasteiger partial charge < -0.3 is 15.5 Å². The summed E-state index contributed by atoms with van der Waals surface area (Å²) in [6.45, 7) is 0.306. The molecule has 0 saturated heterocycles. The standard InChI is InChI=1S/C25H21ClF3N5O/c1-34(2)24-32-21-12-7-17(25(27,28)29)13-20(21)22(33-24)30-14-15-3-10-19(11-4-15)31-23(35)16-5-8-18(26)9-6-16/h3-13H,14H2,1-2H3,(H,31,35)(H,30,32,33). The quantitative estimate of drug-likeness (QED) is 0.329. The van der Waals surface area contributed by atoms with Crippen LogP contribution in [0.1, 0.15) is 21.5 Å². The number of amides is 1. The van der Waals surface area contributed by atoms with Crippen molar-refractivity contribution < 1.29 is 18.0 Å². The molecule has 1 heterocycles. The summed E-state index contributed by atoms with van der Waals surface area (Å²) in [4.78, 5) is 22.8. The molecule has 0 aliphatic rings.